The normalized spacial score (nSPS) is 12.5. The standard InChI is InChI=1S/C13H8Br2Cl2FN/c14-9-2-1-6(16)3-7(9)13(19)8-4-11(17)10(15)5-12(8)18/h1-5,13H,19H2. The molecule has 19 heavy (non-hydrogen) atoms. The van der Waals surface area contributed by atoms with Crippen LogP contribution in [0.2, 0.25) is 10.0 Å². The van der Waals surface area contributed by atoms with Gasteiger partial charge in [0.1, 0.15) is 5.82 Å². The quantitative estimate of drug-likeness (QED) is 0.611. The maximum atomic E-state index is 14.0. The van der Waals surface area contributed by atoms with Gasteiger partial charge in [0, 0.05) is 19.5 Å². The van der Waals surface area contributed by atoms with Crippen LogP contribution in [0.4, 0.5) is 4.39 Å². The van der Waals surface area contributed by atoms with E-state index in [4.69, 9.17) is 28.9 Å². The molecule has 0 spiro atoms. The van der Waals surface area contributed by atoms with E-state index in [-0.39, 0.29) is 0 Å². The Morgan fingerprint density at radius 2 is 1.68 bits per heavy atom. The van der Waals surface area contributed by atoms with Crippen LogP contribution in [0.25, 0.3) is 0 Å². The fraction of sp³-hybridized carbons (Fsp3) is 0.0769. The van der Waals surface area contributed by atoms with Gasteiger partial charge in [-0.3, -0.25) is 0 Å². The van der Waals surface area contributed by atoms with Gasteiger partial charge in [0.05, 0.1) is 11.1 Å². The number of benzene rings is 2. The van der Waals surface area contributed by atoms with Crippen molar-refractivity contribution in [3.63, 3.8) is 0 Å². The van der Waals surface area contributed by atoms with Crippen LogP contribution < -0.4 is 5.73 Å². The van der Waals surface area contributed by atoms with E-state index in [9.17, 15) is 4.39 Å². The van der Waals surface area contributed by atoms with Crippen molar-refractivity contribution in [2.45, 2.75) is 6.04 Å². The molecule has 0 fully saturated rings. The van der Waals surface area contributed by atoms with Crippen molar-refractivity contribution >= 4 is 55.1 Å². The zero-order valence-corrected chi connectivity index (χ0v) is 14.1. The van der Waals surface area contributed by atoms with Crippen molar-refractivity contribution in [2.75, 3.05) is 0 Å². The van der Waals surface area contributed by atoms with Crippen molar-refractivity contribution in [2.24, 2.45) is 5.73 Å². The topological polar surface area (TPSA) is 26.0 Å². The Labute approximate surface area is 137 Å². The van der Waals surface area contributed by atoms with Gasteiger partial charge in [-0.2, -0.15) is 0 Å². The molecule has 0 aliphatic rings. The van der Waals surface area contributed by atoms with Crippen molar-refractivity contribution in [1.82, 2.24) is 0 Å². The molecule has 0 bridgehead atoms. The first kappa shape index (κ1) is 15.3. The van der Waals surface area contributed by atoms with E-state index in [1.165, 1.54) is 12.1 Å². The molecule has 1 atom stereocenters. The number of halogens is 5. The predicted octanol–water partition coefficient (Wildman–Crippen LogP) is 5.71. The Morgan fingerprint density at radius 1 is 1.00 bits per heavy atom. The molecule has 0 amide bonds. The Bertz CT molecular complexity index is 634. The Balaban J connectivity index is 2.52. The summed E-state index contributed by atoms with van der Waals surface area (Å²) in [4.78, 5) is 0. The average Bonchev–Trinajstić information content (AvgIpc) is 2.36. The highest BCUT2D eigenvalue weighted by Gasteiger charge is 2.18. The Kier molecular flexibility index (Phi) is 4.90. The molecule has 2 N–H and O–H groups in total. The third-order valence-electron chi connectivity index (χ3n) is 2.67. The van der Waals surface area contributed by atoms with Crippen LogP contribution in [0.5, 0.6) is 0 Å². The molecule has 1 unspecified atom stereocenters. The minimum Gasteiger partial charge on any atom is -0.320 e. The van der Waals surface area contributed by atoms with E-state index in [1.807, 2.05) is 0 Å². The van der Waals surface area contributed by atoms with Crippen molar-refractivity contribution in [3.05, 3.63) is 66.3 Å². The molecule has 1 nitrogen and oxygen atoms in total. The molecule has 2 rings (SSSR count). The maximum Gasteiger partial charge on any atom is 0.129 e. The van der Waals surface area contributed by atoms with Crippen molar-refractivity contribution in [1.29, 1.82) is 0 Å². The summed E-state index contributed by atoms with van der Waals surface area (Å²) < 4.78 is 15.2. The molecule has 2 aromatic carbocycles. The summed E-state index contributed by atoms with van der Waals surface area (Å²) in [7, 11) is 0. The molecule has 0 aliphatic heterocycles. The smallest absolute Gasteiger partial charge is 0.129 e. The summed E-state index contributed by atoms with van der Waals surface area (Å²) in [5, 5.41) is 0.947. The first-order valence-electron chi connectivity index (χ1n) is 5.25. The first-order valence-corrected chi connectivity index (χ1v) is 7.59. The average molecular weight is 428 g/mol. The van der Waals surface area contributed by atoms with Gasteiger partial charge in [-0.15, -0.1) is 0 Å². The van der Waals surface area contributed by atoms with E-state index >= 15 is 0 Å². The van der Waals surface area contributed by atoms with Gasteiger partial charge in [0.15, 0.2) is 0 Å². The van der Waals surface area contributed by atoms with E-state index in [0.717, 1.165) is 4.47 Å². The lowest BCUT2D eigenvalue weighted by atomic mass is 9.99. The summed E-state index contributed by atoms with van der Waals surface area (Å²) in [5.74, 6) is -0.421. The summed E-state index contributed by atoms with van der Waals surface area (Å²) in [6.07, 6.45) is 0. The second-order valence-electron chi connectivity index (χ2n) is 3.93. The second-order valence-corrected chi connectivity index (χ2v) is 6.48. The molecule has 0 saturated carbocycles. The van der Waals surface area contributed by atoms with Gasteiger partial charge in [0.2, 0.25) is 0 Å². The first-order chi connectivity index (χ1) is 8.90. The van der Waals surface area contributed by atoms with Crippen LogP contribution in [0, 0.1) is 5.82 Å². The Hall–Kier alpha value is -0.130. The summed E-state index contributed by atoms with van der Waals surface area (Å²) in [6, 6.07) is 7.36. The minimum absolute atomic E-state index is 0.316. The molecule has 6 heteroatoms. The van der Waals surface area contributed by atoms with Crippen LogP contribution in [-0.2, 0) is 0 Å². The van der Waals surface area contributed by atoms with Crippen LogP contribution >= 0.6 is 55.1 Å². The number of hydrogen-bond donors (Lipinski definition) is 1. The summed E-state index contributed by atoms with van der Waals surface area (Å²) >= 11 is 18.5. The molecule has 2 aromatic rings. The highest BCUT2D eigenvalue weighted by atomic mass is 79.9. The molecule has 0 radical (unpaired) electrons. The van der Waals surface area contributed by atoms with Gasteiger partial charge in [-0.05, 0) is 51.8 Å². The molecular weight excluding hydrogens is 420 g/mol. The minimum atomic E-state index is -0.654. The van der Waals surface area contributed by atoms with Crippen LogP contribution in [0.3, 0.4) is 0 Å². The van der Waals surface area contributed by atoms with Crippen LogP contribution in [-0.4, -0.2) is 0 Å². The lowest BCUT2D eigenvalue weighted by Gasteiger charge is -2.16. The van der Waals surface area contributed by atoms with E-state index in [1.54, 1.807) is 18.2 Å². The zero-order chi connectivity index (χ0) is 14.2. The second kappa shape index (κ2) is 6.10. The van der Waals surface area contributed by atoms with Crippen molar-refractivity contribution in [3.8, 4) is 0 Å². The largest absolute Gasteiger partial charge is 0.320 e. The summed E-state index contributed by atoms with van der Waals surface area (Å²) in [5.41, 5.74) is 7.12. The van der Waals surface area contributed by atoms with Gasteiger partial charge in [-0.1, -0.05) is 39.1 Å². The lowest BCUT2D eigenvalue weighted by Crippen LogP contribution is -2.14. The molecule has 0 aliphatic carbocycles. The lowest BCUT2D eigenvalue weighted by molar-refractivity contribution is 0.598. The number of rotatable bonds is 2. The van der Waals surface area contributed by atoms with Gasteiger partial charge in [0.25, 0.3) is 0 Å². The van der Waals surface area contributed by atoms with E-state index in [0.29, 0.717) is 25.6 Å². The maximum absolute atomic E-state index is 14.0. The monoisotopic (exact) mass is 425 g/mol. The fourth-order valence-electron chi connectivity index (χ4n) is 1.70. The van der Waals surface area contributed by atoms with Gasteiger partial charge < -0.3 is 5.73 Å². The highest BCUT2D eigenvalue weighted by Crippen LogP contribution is 2.34. The van der Waals surface area contributed by atoms with E-state index in [2.05, 4.69) is 31.9 Å². The van der Waals surface area contributed by atoms with E-state index < -0.39 is 11.9 Å². The molecule has 0 saturated heterocycles. The van der Waals surface area contributed by atoms with Gasteiger partial charge >= 0.3 is 0 Å². The molecule has 0 heterocycles. The molecule has 0 aromatic heterocycles. The molecule has 100 valence electrons. The predicted molar refractivity (Wildman–Crippen MR) is 84.3 cm³/mol. The van der Waals surface area contributed by atoms with Crippen LogP contribution in [0.1, 0.15) is 17.2 Å². The SMILES string of the molecule is NC(c1cc(Cl)c(Br)cc1F)c1cc(Cl)ccc1Br. The van der Waals surface area contributed by atoms with Gasteiger partial charge in [-0.25, -0.2) is 4.39 Å². The van der Waals surface area contributed by atoms with Crippen LogP contribution in [0.15, 0.2) is 39.3 Å². The third-order valence-corrected chi connectivity index (χ3v) is 4.82. The summed E-state index contributed by atoms with van der Waals surface area (Å²) in [6.45, 7) is 0. The number of nitrogens with two attached hydrogens (primary N) is 1. The zero-order valence-electron chi connectivity index (χ0n) is 9.43. The number of hydrogen-bond acceptors (Lipinski definition) is 1. The van der Waals surface area contributed by atoms with Crippen molar-refractivity contribution < 1.29 is 4.39 Å². The fourth-order valence-corrected chi connectivity index (χ4v) is 2.86. The molecular formula is C13H8Br2Cl2FN. The Morgan fingerprint density at radius 3 is 2.37 bits per heavy atom. The highest BCUT2D eigenvalue weighted by molar-refractivity contribution is 9.10. The third kappa shape index (κ3) is 3.31.